The molecule has 1 aromatic carbocycles. The summed E-state index contributed by atoms with van der Waals surface area (Å²) < 4.78 is 5.38. The van der Waals surface area contributed by atoms with E-state index in [1.54, 1.807) is 0 Å². The van der Waals surface area contributed by atoms with Crippen molar-refractivity contribution in [1.82, 2.24) is 5.32 Å². The van der Waals surface area contributed by atoms with Gasteiger partial charge in [-0.25, -0.2) is 4.79 Å². The minimum atomic E-state index is -0.991. The number of carboxylic acid groups (broad SMARTS) is 1. The summed E-state index contributed by atoms with van der Waals surface area (Å²) >= 11 is 0. The third-order valence-corrected chi connectivity index (χ3v) is 5.62. The van der Waals surface area contributed by atoms with Crippen LogP contribution in [0, 0.1) is 0 Å². The number of amides is 1. The molecule has 3 rings (SSSR count). The standard InChI is InChI=1S/C19H25NO4/c1-13(20-17(21)15-9-10-16(24-15)18(22)23)19(11-5-6-12-19)14-7-3-2-4-8-14/h2-4,7-8,13,15-16H,5-6,9-12H2,1H3,(H,20,21)(H,22,23)/t13?,15-,16+/m0/s1. The highest BCUT2D eigenvalue weighted by Gasteiger charge is 2.43. The molecule has 5 heteroatoms. The molecule has 0 radical (unpaired) electrons. The van der Waals surface area contributed by atoms with E-state index in [0.717, 1.165) is 25.7 Å². The highest BCUT2D eigenvalue weighted by atomic mass is 16.5. The fourth-order valence-electron chi connectivity index (χ4n) is 4.20. The zero-order chi connectivity index (χ0) is 17.2. The van der Waals surface area contributed by atoms with Gasteiger partial charge in [-0.2, -0.15) is 0 Å². The Morgan fingerprint density at radius 1 is 1.17 bits per heavy atom. The number of nitrogens with one attached hydrogen (secondary N) is 1. The van der Waals surface area contributed by atoms with Crippen LogP contribution in [0.2, 0.25) is 0 Å². The van der Waals surface area contributed by atoms with E-state index in [9.17, 15) is 9.59 Å². The quantitative estimate of drug-likeness (QED) is 0.870. The second-order valence-corrected chi connectivity index (χ2v) is 6.99. The zero-order valence-corrected chi connectivity index (χ0v) is 14.0. The summed E-state index contributed by atoms with van der Waals surface area (Å²) in [7, 11) is 0. The first-order valence-corrected chi connectivity index (χ1v) is 8.77. The van der Waals surface area contributed by atoms with Gasteiger partial charge in [0.25, 0.3) is 0 Å². The SMILES string of the molecule is CC(NC(=O)[C@@H]1CC[C@H](C(=O)O)O1)C1(c2ccccc2)CCCC1. The largest absolute Gasteiger partial charge is 0.479 e. The Balaban J connectivity index is 1.70. The van der Waals surface area contributed by atoms with Crippen LogP contribution in [0.25, 0.3) is 0 Å². The lowest BCUT2D eigenvalue weighted by Crippen LogP contribution is -2.50. The molecule has 1 aromatic rings. The molecule has 0 aromatic heterocycles. The molecule has 1 unspecified atom stereocenters. The molecule has 3 atom stereocenters. The monoisotopic (exact) mass is 331 g/mol. The molecular weight excluding hydrogens is 306 g/mol. The topological polar surface area (TPSA) is 75.6 Å². The molecule has 2 fully saturated rings. The van der Waals surface area contributed by atoms with Gasteiger partial charge in [-0.05, 0) is 38.2 Å². The maximum atomic E-state index is 12.5. The summed E-state index contributed by atoms with van der Waals surface area (Å²) in [5, 5.41) is 12.1. The van der Waals surface area contributed by atoms with Crippen LogP contribution in [0.4, 0.5) is 0 Å². The van der Waals surface area contributed by atoms with Gasteiger partial charge >= 0.3 is 5.97 Å². The van der Waals surface area contributed by atoms with E-state index < -0.39 is 18.2 Å². The highest BCUT2D eigenvalue weighted by Crippen LogP contribution is 2.43. The lowest BCUT2D eigenvalue weighted by atomic mass is 9.73. The third-order valence-electron chi connectivity index (χ3n) is 5.62. The van der Waals surface area contributed by atoms with Gasteiger partial charge in [-0.15, -0.1) is 0 Å². The lowest BCUT2D eigenvalue weighted by molar-refractivity contribution is -0.152. The van der Waals surface area contributed by atoms with Gasteiger partial charge in [0.15, 0.2) is 6.10 Å². The van der Waals surface area contributed by atoms with Gasteiger partial charge in [0.1, 0.15) is 6.10 Å². The summed E-state index contributed by atoms with van der Waals surface area (Å²) in [6.45, 7) is 2.06. The first kappa shape index (κ1) is 17.0. The second kappa shape index (κ2) is 6.93. The smallest absolute Gasteiger partial charge is 0.332 e. The van der Waals surface area contributed by atoms with Crippen LogP contribution >= 0.6 is 0 Å². The summed E-state index contributed by atoms with van der Waals surface area (Å²) in [6, 6.07) is 10.4. The van der Waals surface area contributed by atoms with E-state index in [1.165, 1.54) is 5.56 Å². The van der Waals surface area contributed by atoms with Crippen molar-refractivity contribution in [2.24, 2.45) is 0 Å². The Morgan fingerprint density at radius 3 is 2.38 bits per heavy atom. The first-order valence-electron chi connectivity index (χ1n) is 8.77. The van der Waals surface area contributed by atoms with Crippen LogP contribution in [0.3, 0.4) is 0 Å². The Kier molecular flexibility index (Phi) is 4.90. The van der Waals surface area contributed by atoms with Crippen molar-refractivity contribution >= 4 is 11.9 Å². The van der Waals surface area contributed by atoms with Crippen molar-refractivity contribution in [2.45, 2.75) is 69.1 Å². The molecule has 1 saturated heterocycles. The van der Waals surface area contributed by atoms with Crippen molar-refractivity contribution in [3.8, 4) is 0 Å². The third kappa shape index (κ3) is 3.18. The first-order chi connectivity index (χ1) is 11.5. The molecule has 1 saturated carbocycles. The number of carbonyl (C=O) groups excluding carboxylic acids is 1. The van der Waals surface area contributed by atoms with Gasteiger partial charge < -0.3 is 15.2 Å². The van der Waals surface area contributed by atoms with Gasteiger partial charge in [-0.3, -0.25) is 4.79 Å². The fourth-order valence-corrected chi connectivity index (χ4v) is 4.20. The molecule has 1 aliphatic heterocycles. The van der Waals surface area contributed by atoms with Crippen LogP contribution in [-0.4, -0.2) is 35.2 Å². The van der Waals surface area contributed by atoms with Gasteiger partial charge in [0.05, 0.1) is 0 Å². The minimum Gasteiger partial charge on any atom is -0.479 e. The molecular formula is C19H25NO4. The number of carboxylic acids is 1. The van der Waals surface area contributed by atoms with Crippen LogP contribution in [-0.2, 0) is 19.7 Å². The number of rotatable bonds is 5. The summed E-state index contributed by atoms with van der Waals surface area (Å²) in [5.74, 6) is -1.18. The molecule has 0 bridgehead atoms. The number of aliphatic carboxylic acids is 1. The summed E-state index contributed by atoms with van der Waals surface area (Å²) in [6.07, 6.45) is 3.79. The van der Waals surface area contributed by atoms with E-state index in [-0.39, 0.29) is 17.4 Å². The summed E-state index contributed by atoms with van der Waals surface area (Å²) in [5.41, 5.74) is 1.23. The van der Waals surface area contributed by atoms with Crippen LogP contribution in [0.15, 0.2) is 30.3 Å². The highest BCUT2D eigenvalue weighted by molar-refractivity contribution is 5.83. The van der Waals surface area contributed by atoms with Gasteiger partial charge in [-0.1, -0.05) is 43.2 Å². The second-order valence-electron chi connectivity index (χ2n) is 6.99. The predicted octanol–water partition coefficient (Wildman–Crippen LogP) is 2.64. The molecule has 2 aliphatic rings. The summed E-state index contributed by atoms with van der Waals surface area (Å²) in [4.78, 5) is 23.5. The minimum absolute atomic E-state index is 0.0117. The van der Waals surface area contributed by atoms with Gasteiger partial charge in [0.2, 0.25) is 5.91 Å². The van der Waals surface area contributed by atoms with Crippen LogP contribution in [0.5, 0.6) is 0 Å². The Hall–Kier alpha value is -1.88. The van der Waals surface area contributed by atoms with Crippen molar-refractivity contribution < 1.29 is 19.4 Å². The molecule has 1 amide bonds. The number of benzene rings is 1. The van der Waals surface area contributed by atoms with Crippen molar-refractivity contribution in [3.05, 3.63) is 35.9 Å². The maximum Gasteiger partial charge on any atom is 0.332 e. The zero-order valence-electron chi connectivity index (χ0n) is 14.0. The molecule has 5 nitrogen and oxygen atoms in total. The Labute approximate surface area is 142 Å². The molecule has 2 N–H and O–H groups in total. The molecule has 1 heterocycles. The number of carbonyl (C=O) groups is 2. The van der Waals surface area contributed by atoms with Crippen LogP contribution in [0.1, 0.15) is 51.0 Å². The van der Waals surface area contributed by atoms with Gasteiger partial charge in [0, 0.05) is 11.5 Å². The van der Waals surface area contributed by atoms with Crippen LogP contribution < -0.4 is 5.32 Å². The van der Waals surface area contributed by atoms with Crippen molar-refractivity contribution in [2.75, 3.05) is 0 Å². The lowest BCUT2D eigenvalue weighted by Gasteiger charge is -2.37. The number of hydrogen-bond acceptors (Lipinski definition) is 3. The van der Waals surface area contributed by atoms with E-state index >= 15 is 0 Å². The van der Waals surface area contributed by atoms with Crippen molar-refractivity contribution in [1.29, 1.82) is 0 Å². The van der Waals surface area contributed by atoms with E-state index in [1.807, 2.05) is 18.2 Å². The predicted molar refractivity (Wildman–Crippen MR) is 89.7 cm³/mol. The van der Waals surface area contributed by atoms with Crippen molar-refractivity contribution in [3.63, 3.8) is 0 Å². The maximum absolute atomic E-state index is 12.5. The Bertz CT molecular complexity index is 595. The average Bonchev–Trinajstić information content (AvgIpc) is 3.26. The molecule has 24 heavy (non-hydrogen) atoms. The Morgan fingerprint density at radius 2 is 1.79 bits per heavy atom. The molecule has 0 spiro atoms. The van der Waals surface area contributed by atoms with E-state index in [0.29, 0.717) is 12.8 Å². The number of ether oxygens (including phenoxy) is 1. The van der Waals surface area contributed by atoms with E-state index in [2.05, 4.69) is 24.4 Å². The number of hydrogen-bond donors (Lipinski definition) is 2. The van der Waals surface area contributed by atoms with E-state index in [4.69, 9.17) is 9.84 Å². The normalized spacial score (nSPS) is 26.9. The molecule has 130 valence electrons. The fraction of sp³-hybridized carbons (Fsp3) is 0.579. The molecule has 1 aliphatic carbocycles. The average molecular weight is 331 g/mol.